The lowest BCUT2D eigenvalue weighted by molar-refractivity contribution is -0.125. The van der Waals surface area contributed by atoms with Gasteiger partial charge in [-0.2, -0.15) is 0 Å². The van der Waals surface area contributed by atoms with Crippen molar-refractivity contribution in [2.24, 2.45) is 11.1 Å². The summed E-state index contributed by atoms with van der Waals surface area (Å²) in [5.41, 5.74) is 6.63. The molecule has 3 N–H and O–H groups in total. The van der Waals surface area contributed by atoms with E-state index in [1.807, 2.05) is 45.9 Å². The highest BCUT2D eigenvalue weighted by molar-refractivity contribution is 6.30. The Labute approximate surface area is 114 Å². The Morgan fingerprint density at radius 2 is 2.00 bits per heavy atom. The monoisotopic (exact) mass is 268 g/mol. The lowest BCUT2D eigenvalue weighted by atomic mass is 9.86. The summed E-state index contributed by atoms with van der Waals surface area (Å²) in [5.74, 6) is -0.144. The van der Waals surface area contributed by atoms with Crippen molar-refractivity contribution in [1.82, 2.24) is 5.32 Å². The first-order valence-electron chi connectivity index (χ1n) is 6.03. The molecule has 0 aliphatic rings. The topological polar surface area (TPSA) is 55.1 Å². The van der Waals surface area contributed by atoms with Crippen LogP contribution in [0.1, 0.15) is 39.3 Å². The largest absolute Gasteiger partial charge is 0.348 e. The highest BCUT2D eigenvalue weighted by Crippen LogP contribution is 2.20. The molecule has 0 aliphatic carbocycles. The van der Waals surface area contributed by atoms with Crippen molar-refractivity contribution in [3.63, 3.8) is 0 Å². The van der Waals surface area contributed by atoms with Crippen molar-refractivity contribution >= 4 is 17.5 Å². The molecule has 0 aromatic heterocycles. The molecule has 0 bridgehead atoms. The first kappa shape index (κ1) is 15.0. The van der Waals surface area contributed by atoms with Crippen LogP contribution in [0.3, 0.4) is 0 Å². The zero-order chi connectivity index (χ0) is 13.9. The molecule has 0 heterocycles. The molecule has 4 heteroatoms. The summed E-state index contributed by atoms with van der Waals surface area (Å²) in [4.78, 5) is 12.0. The van der Waals surface area contributed by atoms with Gasteiger partial charge in [0, 0.05) is 5.02 Å². The third-order valence-electron chi connectivity index (χ3n) is 2.92. The summed E-state index contributed by atoms with van der Waals surface area (Å²) < 4.78 is 0. The van der Waals surface area contributed by atoms with E-state index in [0.717, 1.165) is 5.56 Å². The third-order valence-corrected chi connectivity index (χ3v) is 3.16. The van der Waals surface area contributed by atoms with Crippen molar-refractivity contribution in [1.29, 1.82) is 0 Å². The maximum atomic E-state index is 12.0. The van der Waals surface area contributed by atoms with E-state index in [1.54, 1.807) is 6.07 Å². The molecule has 1 rings (SSSR count). The predicted molar refractivity (Wildman–Crippen MR) is 75.4 cm³/mol. The molecular weight excluding hydrogens is 248 g/mol. The number of rotatable bonds is 3. The molecule has 0 radical (unpaired) electrons. The second-order valence-electron chi connectivity index (χ2n) is 5.63. The minimum atomic E-state index is -0.529. The molecule has 3 nitrogen and oxygen atoms in total. The van der Waals surface area contributed by atoms with Gasteiger partial charge in [-0.25, -0.2) is 0 Å². The van der Waals surface area contributed by atoms with Gasteiger partial charge in [-0.05, 0) is 30.0 Å². The molecular formula is C14H21ClN2O. The number of hydrogen-bond acceptors (Lipinski definition) is 2. The van der Waals surface area contributed by atoms with E-state index >= 15 is 0 Å². The van der Waals surface area contributed by atoms with Crippen LogP contribution in [0.4, 0.5) is 0 Å². The Morgan fingerprint density at radius 1 is 1.39 bits per heavy atom. The summed E-state index contributed by atoms with van der Waals surface area (Å²) in [6, 6.07) is 6.81. The minimum Gasteiger partial charge on any atom is -0.348 e. The fraction of sp³-hybridized carbons (Fsp3) is 0.500. The number of halogens is 1. The van der Waals surface area contributed by atoms with E-state index in [4.69, 9.17) is 17.3 Å². The van der Waals surface area contributed by atoms with Gasteiger partial charge in [-0.15, -0.1) is 0 Å². The maximum Gasteiger partial charge on any atom is 0.237 e. The van der Waals surface area contributed by atoms with Crippen LogP contribution in [0.15, 0.2) is 24.3 Å². The second-order valence-corrected chi connectivity index (χ2v) is 6.07. The Morgan fingerprint density at radius 3 is 2.50 bits per heavy atom. The fourth-order valence-corrected chi connectivity index (χ4v) is 1.75. The standard InChI is InChI=1S/C14H21ClN2O/c1-9(10-6-5-7-11(15)8-10)17-13(18)12(16)14(2,3)4/h5-9,12H,16H2,1-4H3,(H,17,18). The first-order chi connectivity index (χ1) is 8.21. The Bertz CT molecular complexity index is 426. The highest BCUT2D eigenvalue weighted by Gasteiger charge is 2.28. The van der Waals surface area contributed by atoms with Gasteiger partial charge in [0.2, 0.25) is 5.91 Å². The van der Waals surface area contributed by atoms with Crippen molar-refractivity contribution in [2.45, 2.75) is 39.8 Å². The lowest BCUT2D eigenvalue weighted by Gasteiger charge is -2.27. The first-order valence-corrected chi connectivity index (χ1v) is 6.41. The van der Waals surface area contributed by atoms with Crippen LogP contribution in [0.2, 0.25) is 5.02 Å². The Hall–Kier alpha value is -1.06. The van der Waals surface area contributed by atoms with Gasteiger partial charge in [0.05, 0.1) is 12.1 Å². The maximum absolute atomic E-state index is 12.0. The number of hydrogen-bond donors (Lipinski definition) is 2. The van der Waals surface area contributed by atoms with Crippen molar-refractivity contribution < 1.29 is 4.79 Å². The molecule has 1 amide bonds. The third kappa shape index (κ3) is 4.00. The number of benzene rings is 1. The Balaban J connectivity index is 2.71. The molecule has 2 atom stereocenters. The summed E-state index contributed by atoms with van der Waals surface area (Å²) in [5, 5.41) is 3.57. The minimum absolute atomic E-state index is 0.107. The molecule has 0 fully saturated rings. The zero-order valence-corrected chi connectivity index (χ0v) is 12.1. The molecule has 100 valence electrons. The molecule has 18 heavy (non-hydrogen) atoms. The van der Waals surface area contributed by atoms with Crippen LogP contribution in [0, 0.1) is 5.41 Å². The van der Waals surface area contributed by atoms with E-state index < -0.39 is 6.04 Å². The van der Waals surface area contributed by atoms with Gasteiger partial charge >= 0.3 is 0 Å². The molecule has 0 spiro atoms. The summed E-state index contributed by atoms with van der Waals surface area (Å²) >= 11 is 5.92. The van der Waals surface area contributed by atoms with E-state index in [0.29, 0.717) is 5.02 Å². The van der Waals surface area contributed by atoms with E-state index in [1.165, 1.54) is 0 Å². The second kappa shape index (κ2) is 5.72. The van der Waals surface area contributed by atoms with Crippen LogP contribution in [-0.4, -0.2) is 11.9 Å². The predicted octanol–water partition coefficient (Wildman–Crippen LogP) is 2.89. The highest BCUT2D eigenvalue weighted by atomic mass is 35.5. The molecule has 0 saturated carbocycles. The quantitative estimate of drug-likeness (QED) is 0.886. The number of amides is 1. The summed E-state index contributed by atoms with van der Waals surface area (Å²) in [6.07, 6.45) is 0. The zero-order valence-electron chi connectivity index (χ0n) is 11.3. The molecule has 0 aliphatic heterocycles. The number of carbonyl (C=O) groups is 1. The molecule has 2 unspecified atom stereocenters. The van der Waals surface area contributed by atoms with E-state index in [-0.39, 0.29) is 17.4 Å². The summed E-state index contributed by atoms with van der Waals surface area (Å²) in [7, 11) is 0. The van der Waals surface area contributed by atoms with Gasteiger partial charge in [0.1, 0.15) is 0 Å². The molecule has 0 saturated heterocycles. The van der Waals surface area contributed by atoms with Crippen LogP contribution in [-0.2, 0) is 4.79 Å². The van der Waals surface area contributed by atoms with Crippen LogP contribution >= 0.6 is 11.6 Å². The fourth-order valence-electron chi connectivity index (χ4n) is 1.56. The smallest absolute Gasteiger partial charge is 0.237 e. The Kier molecular flexibility index (Phi) is 4.77. The normalized spacial score (nSPS) is 15.0. The average molecular weight is 269 g/mol. The van der Waals surface area contributed by atoms with Gasteiger partial charge in [0.25, 0.3) is 0 Å². The van der Waals surface area contributed by atoms with Gasteiger partial charge in [-0.1, -0.05) is 44.5 Å². The average Bonchev–Trinajstić information content (AvgIpc) is 2.26. The van der Waals surface area contributed by atoms with Crippen LogP contribution < -0.4 is 11.1 Å². The number of nitrogens with one attached hydrogen (secondary N) is 1. The number of carbonyl (C=O) groups excluding carboxylic acids is 1. The lowest BCUT2D eigenvalue weighted by Crippen LogP contribution is -2.49. The van der Waals surface area contributed by atoms with Crippen LogP contribution in [0.5, 0.6) is 0 Å². The van der Waals surface area contributed by atoms with Crippen molar-refractivity contribution in [2.75, 3.05) is 0 Å². The van der Waals surface area contributed by atoms with Gasteiger partial charge in [-0.3, -0.25) is 4.79 Å². The van der Waals surface area contributed by atoms with Crippen LogP contribution in [0.25, 0.3) is 0 Å². The van der Waals surface area contributed by atoms with Gasteiger partial charge in [0.15, 0.2) is 0 Å². The van der Waals surface area contributed by atoms with Crippen molar-refractivity contribution in [3.05, 3.63) is 34.9 Å². The van der Waals surface area contributed by atoms with Gasteiger partial charge < -0.3 is 11.1 Å². The van der Waals surface area contributed by atoms with E-state index in [2.05, 4.69) is 5.32 Å². The summed E-state index contributed by atoms with van der Waals surface area (Å²) in [6.45, 7) is 7.75. The molecule has 1 aromatic rings. The van der Waals surface area contributed by atoms with Crippen molar-refractivity contribution in [3.8, 4) is 0 Å². The number of nitrogens with two attached hydrogens (primary N) is 1. The SMILES string of the molecule is CC(NC(=O)C(N)C(C)(C)C)c1cccc(Cl)c1. The molecule has 1 aromatic carbocycles. The van der Waals surface area contributed by atoms with E-state index in [9.17, 15) is 4.79 Å².